The lowest BCUT2D eigenvalue weighted by Crippen LogP contribution is -2.28. The van der Waals surface area contributed by atoms with Gasteiger partial charge in [-0.05, 0) is 43.4 Å². The number of hydrogen-bond acceptors (Lipinski definition) is 5. The van der Waals surface area contributed by atoms with Gasteiger partial charge in [-0.25, -0.2) is 0 Å². The molecule has 152 valence electrons. The minimum atomic E-state index is -0.501. The van der Waals surface area contributed by atoms with Gasteiger partial charge in [0.15, 0.2) is 0 Å². The lowest BCUT2D eigenvalue weighted by Gasteiger charge is -2.16. The van der Waals surface area contributed by atoms with E-state index in [0.717, 1.165) is 48.2 Å². The minimum Gasteiger partial charge on any atom is -0.365 e. The van der Waals surface area contributed by atoms with E-state index in [1.54, 1.807) is 11.1 Å². The summed E-state index contributed by atoms with van der Waals surface area (Å²) in [7, 11) is 0. The summed E-state index contributed by atoms with van der Waals surface area (Å²) in [6.45, 7) is 0.738. The number of primary amides is 1. The Bertz CT molecular complexity index is 941. The molecule has 2 aliphatic rings. The summed E-state index contributed by atoms with van der Waals surface area (Å²) >= 11 is 1.45. The number of nitrogens with one attached hydrogen (secondary N) is 1. The Labute approximate surface area is 173 Å². The predicted octanol–water partition coefficient (Wildman–Crippen LogP) is 2.50. The van der Waals surface area contributed by atoms with Crippen LogP contribution in [0.2, 0.25) is 0 Å². The van der Waals surface area contributed by atoms with Gasteiger partial charge in [-0.1, -0.05) is 12.5 Å². The molecule has 2 aromatic rings. The first-order valence-electron chi connectivity index (χ1n) is 9.96. The molecule has 0 saturated carbocycles. The molecular formula is C21H24N4O3S. The van der Waals surface area contributed by atoms with Gasteiger partial charge in [0.05, 0.1) is 23.7 Å². The maximum absolute atomic E-state index is 12.9. The third kappa shape index (κ3) is 4.17. The van der Waals surface area contributed by atoms with Crippen molar-refractivity contribution in [3.8, 4) is 0 Å². The lowest BCUT2D eigenvalue weighted by atomic mass is 10.0. The third-order valence-electron chi connectivity index (χ3n) is 5.57. The molecule has 1 aliphatic heterocycles. The van der Waals surface area contributed by atoms with Crippen LogP contribution in [0.4, 0.5) is 5.00 Å². The van der Waals surface area contributed by atoms with Crippen molar-refractivity contribution in [2.45, 2.75) is 45.1 Å². The van der Waals surface area contributed by atoms with E-state index in [0.29, 0.717) is 23.7 Å². The van der Waals surface area contributed by atoms with Gasteiger partial charge in [0.25, 0.3) is 5.91 Å². The molecule has 0 bridgehead atoms. The van der Waals surface area contributed by atoms with Crippen molar-refractivity contribution in [1.82, 2.24) is 9.88 Å². The van der Waals surface area contributed by atoms with Gasteiger partial charge in [-0.3, -0.25) is 19.4 Å². The smallest absolute Gasteiger partial charge is 0.251 e. The van der Waals surface area contributed by atoms with Crippen molar-refractivity contribution in [1.29, 1.82) is 0 Å². The Hall–Kier alpha value is -2.74. The van der Waals surface area contributed by atoms with E-state index in [4.69, 9.17) is 5.73 Å². The molecule has 1 aliphatic carbocycles. The van der Waals surface area contributed by atoms with E-state index < -0.39 is 11.8 Å². The Balaban J connectivity index is 1.47. The first kappa shape index (κ1) is 19.6. The second-order valence-corrected chi connectivity index (χ2v) is 8.72. The number of nitrogens with zero attached hydrogens (tertiary/aromatic N) is 2. The molecule has 4 rings (SSSR count). The average molecular weight is 413 g/mol. The van der Waals surface area contributed by atoms with Gasteiger partial charge in [0.1, 0.15) is 5.00 Å². The second kappa shape index (κ2) is 8.32. The largest absolute Gasteiger partial charge is 0.365 e. The summed E-state index contributed by atoms with van der Waals surface area (Å²) in [4.78, 5) is 44.4. The number of aromatic nitrogens is 1. The van der Waals surface area contributed by atoms with Gasteiger partial charge in [0.2, 0.25) is 11.8 Å². The zero-order chi connectivity index (χ0) is 20.4. The summed E-state index contributed by atoms with van der Waals surface area (Å²) in [5.41, 5.74) is 7.88. The maximum Gasteiger partial charge on any atom is 0.251 e. The second-order valence-electron chi connectivity index (χ2n) is 7.62. The van der Waals surface area contributed by atoms with E-state index >= 15 is 0 Å². The van der Waals surface area contributed by atoms with Crippen LogP contribution in [0.3, 0.4) is 0 Å². The number of aryl methyl sites for hydroxylation is 1. The van der Waals surface area contributed by atoms with Gasteiger partial charge >= 0.3 is 0 Å². The van der Waals surface area contributed by atoms with Crippen molar-refractivity contribution in [3.63, 3.8) is 0 Å². The Kier molecular flexibility index (Phi) is 5.62. The van der Waals surface area contributed by atoms with Crippen LogP contribution in [-0.2, 0) is 29.0 Å². The van der Waals surface area contributed by atoms with E-state index in [1.165, 1.54) is 11.3 Å². The highest BCUT2D eigenvalue weighted by Gasteiger charge is 2.35. The minimum absolute atomic E-state index is 0.0621. The molecule has 3 heterocycles. The Morgan fingerprint density at radius 2 is 2.07 bits per heavy atom. The zero-order valence-electron chi connectivity index (χ0n) is 16.1. The van der Waals surface area contributed by atoms with Crippen molar-refractivity contribution < 1.29 is 14.4 Å². The Morgan fingerprint density at radius 3 is 2.83 bits per heavy atom. The van der Waals surface area contributed by atoms with Crippen molar-refractivity contribution in [2.75, 3.05) is 11.9 Å². The number of hydrogen-bond donors (Lipinski definition) is 2. The Morgan fingerprint density at radius 1 is 1.24 bits per heavy atom. The first-order chi connectivity index (χ1) is 14.0. The van der Waals surface area contributed by atoms with Crippen molar-refractivity contribution >= 4 is 34.1 Å². The molecular weight excluding hydrogens is 388 g/mol. The summed E-state index contributed by atoms with van der Waals surface area (Å²) in [6.07, 6.45) is 6.82. The van der Waals surface area contributed by atoms with Gasteiger partial charge in [-0.15, -0.1) is 11.3 Å². The quantitative estimate of drug-likeness (QED) is 0.736. The fourth-order valence-corrected chi connectivity index (χ4v) is 5.39. The average Bonchev–Trinajstić information content (AvgIpc) is 3.14. The molecule has 2 aromatic heterocycles. The van der Waals surface area contributed by atoms with Crippen LogP contribution in [0, 0.1) is 5.92 Å². The number of carbonyl (C=O) groups excluding carboxylic acids is 3. The summed E-state index contributed by atoms with van der Waals surface area (Å²) in [5, 5.41) is 3.43. The number of rotatable bonds is 5. The number of amides is 3. The predicted molar refractivity (Wildman–Crippen MR) is 110 cm³/mol. The highest BCUT2D eigenvalue weighted by Crippen LogP contribution is 2.37. The van der Waals surface area contributed by atoms with Crippen LogP contribution < -0.4 is 11.1 Å². The molecule has 1 saturated heterocycles. The van der Waals surface area contributed by atoms with E-state index in [-0.39, 0.29) is 18.2 Å². The van der Waals surface area contributed by atoms with Crippen LogP contribution in [0.15, 0.2) is 24.4 Å². The van der Waals surface area contributed by atoms with Crippen LogP contribution in [0.5, 0.6) is 0 Å². The number of anilines is 1. The normalized spacial score (nSPS) is 19.0. The summed E-state index contributed by atoms with van der Waals surface area (Å²) in [6, 6.07) is 5.56. The van der Waals surface area contributed by atoms with E-state index in [1.807, 2.05) is 18.2 Å². The number of carbonyl (C=O) groups is 3. The van der Waals surface area contributed by atoms with Crippen LogP contribution in [0.1, 0.15) is 52.2 Å². The van der Waals surface area contributed by atoms with Crippen LogP contribution in [0.25, 0.3) is 0 Å². The zero-order valence-corrected chi connectivity index (χ0v) is 17.0. The molecule has 1 atom stereocenters. The summed E-state index contributed by atoms with van der Waals surface area (Å²) in [5.74, 6) is -1.25. The number of fused-ring (bicyclic) bond motifs is 1. The van der Waals surface area contributed by atoms with Gasteiger partial charge in [-0.2, -0.15) is 0 Å². The van der Waals surface area contributed by atoms with Crippen LogP contribution >= 0.6 is 11.3 Å². The highest BCUT2D eigenvalue weighted by atomic mass is 32.1. The third-order valence-corrected chi connectivity index (χ3v) is 6.78. The standard InChI is InChI=1S/C21H24N4O3S/c22-19(27)18-15-7-2-1-3-8-16(15)29-21(18)24-20(28)13-10-17(26)25(11-13)12-14-6-4-5-9-23-14/h4-6,9,13H,1-3,7-8,10-12H2,(H2,22,27)(H,24,28). The topological polar surface area (TPSA) is 105 Å². The number of likely N-dealkylation sites (tertiary alicyclic amines) is 1. The SMILES string of the molecule is NC(=O)c1c(NC(=O)C2CC(=O)N(Cc3ccccn3)C2)sc2c1CCCCC2. The monoisotopic (exact) mass is 412 g/mol. The number of thiophene rings is 1. The van der Waals surface area contributed by atoms with E-state index in [9.17, 15) is 14.4 Å². The molecule has 8 heteroatoms. The van der Waals surface area contributed by atoms with Crippen LogP contribution in [-0.4, -0.2) is 34.2 Å². The molecule has 0 aromatic carbocycles. The molecule has 0 spiro atoms. The number of nitrogens with two attached hydrogens (primary N) is 1. The molecule has 1 fully saturated rings. The molecule has 3 N–H and O–H groups in total. The van der Waals surface area contributed by atoms with Gasteiger partial charge < -0.3 is 16.0 Å². The first-order valence-corrected chi connectivity index (χ1v) is 10.8. The fraction of sp³-hybridized carbons (Fsp3) is 0.429. The van der Waals surface area contributed by atoms with Crippen molar-refractivity contribution in [3.05, 3.63) is 46.1 Å². The van der Waals surface area contributed by atoms with E-state index in [2.05, 4.69) is 10.3 Å². The molecule has 0 radical (unpaired) electrons. The fourth-order valence-electron chi connectivity index (χ4n) is 4.09. The molecule has 1 unspecified atom stereocenters. The van der Waals surface area contributed by atoms with Crippen molar-refractivity contribution in [2.24, 2.45) is 11.7 Å². The highest BCUT2D eigenvalue weighted by molar-refractivity contribution is 7.17. The molecule has 29 heavy (non-hydrogen) atoms. The summed E-state index contributed by atoms with van der Waals surface area (Å²) < 4.78 is 0. The molecule has 7 nitrogen and oxygen atoms in total. The molecule has 3 amide bonds. The maximum atomic E-state index is 12.9. The lowest BCUT2D eigenvalue weighted by molar-refractivity contribution is -0.128. The number of pyridine rings is 1. The van der Waals surface area contributed by atoms with Gasteiger partial charge in [0, 0.05) is 24.0 Å².